The van der Waals surface area contributed by atoms with E-state index in [2.05, 4.69) is 28.9 Å². The Balaban J connectivity index is 1.54. The largest absolute Gasteiger partial charge is 0.298 e. The molecule has 2 heterocycles. The summed E-state index contributed by atoms with van der Waals surface area (Å²) in [7, 11) is 0. The lowest BCUT2D eigenvalue weighted by Crippen LogP contribution is -2.28. The molecule has 1 saturated heterocycles. The maximum absolute atomic E-state index is 3.50. The van der Waals surface area contributed by atoms with Gasteiger partial charge in [-0.3, -0.25) is 4.90 Å². The molecule has 1 aromatic rings. The molecular weight excluding hydrogens is 262 g/mol. The third-order valence-corrected chi connectivity index (χ3v) is 5.48. The smallest absolute Gasteiger partial charge is 0.0771 e. The molecule has 2 fully saturated rings. The Labute approximate surface area is 127 Å². The van der Waals surface area contributed by atoms with Crippen LogP contribution < -0.4 is 0 Å². The van der Waals surface area contributed by atoms with Gasteiger partial charge in [0.15, 0.2) is 0 Å². The minimum atomic E-state index is 0.663. The monoisotopic (exact) mass is 287 g/mol. The van der Waals surface area contributed by atoms with Crippen LogP contribution in [0.3, 0.4) is 0 Å². The Kier molecular flexibility index (Phi) is 5.17. The van der Waals surface area contributed by atoms with Crippen LogP contribution in [0.1, 0.15) is 61.1 Å². The van der Waals surface area contributed by atoms with Crippen LogP contribution in [0.25, 0.3) is 0 Å². The molecule has 1 aromatic heterocycles. The van der Waals surface area contributed by atoms with Gasteiger partial charge in [-0.25, -0.2) is 0 Å². The van der Waals surface area contributed by atoms with Gasteiger partial charge < -0.3 is 0 Å². The van der Waals surface area contributed by atoms with Crippen molar-refractivity contribution in [2.75, 3.05) is 13.1 Å². The Hall–Kier alpha value is -0.780. The van der Waals surface area contributed by atoms with Crippen LogP contribution in [0.2, 0.25) is 0 Å². The van der Waals surface area contributed by atoms with Crippen molar-refractivity contribution in [2.45, 2.75) is 57.9 Å². The summed E-state index contributed by atoms with van der Waals surface area (Å²) in [6.07, 6.45) is 11.0. The summed E-state index contributed by atoms with van der Waals surface area (Å²) in [5.74, 6) is 7.59. The van der Waals surface area contributed by atoms with Gasteiger partial charge in [0.1, 0.15) is 0 Å². The normalized spacial score (nSPS) is 21.4. The molecule has 0 aromatic carbocycles. The topological polar surface area (TPSA) is 3.24 Å². The number of rotatable bonds is 2. The predicted octanol–water partition coefficient (Wildman–Crippen LogP) is 4.67. The molecule has 2 aliphatic rings. The van der Waals surface area contributed by atoms with E-state index < -0.39 is 0 Å². The predicted molar refractivity (Wildman–Crippen MR) is 86.9 cm³/mol. The first-order valence-corrected chi connectivity index (χ1v) is 9.04. The van der Waals surface area contributed by atoms with Crippen molar-refractivity contribution in [3.63, 3.8) is 0 Å². The summed E-state index contributed by atoms with van der Waals surface area (Å²) in [5, 5.41) is 0. The number of thiophene rings is 1. The molecule has 1 saturated carbocycles. The zero-order valence-electron chi connectivity index (χ0n) is 12.4. The summed E-state index contributed by atoms with van der Waals surface area (Å²) in [6.45, 7) is 3.69. The van der Waals surface area contributed by atoms with Gasteiger partial charge >= 0.3 is 0 Å². The van der Waals surface area contributed by atoms with E-state index in [4.69, 9.17) is 0 Å². The van der Waals surface area contributed by atoms with E-state index in [-0.39, 0.29) is 0 Å². The van der Waals surface area contributed by atoms with Crippen molar-refractivity contribution < 1.29 is 0 Å². The maximum atomic E-state index is 3.50. The van der Waals surface area contributed by atoms with E-state index >= 15 is 0 Å². The fourth-order valence-electron chi connectivity index (χ4n) is 3.29. The third kappa shape index (κ3) is 4.11. The van der Waals surface area contributed by atoms with Crippen LogP contribution in [0, 0.1) is 17.8 Å². The third-order valence-electron chi connectivity index (χ3n) is 4.49. The number of hydrogen-bond acceptors (Lipinski definition) is 2. The van der Waals surface area contributed by atoms with Crippen LogP contribution in [0.15, 0.2) is 12.1 Å². The van der Waals surface area contributed by atoms with Gasteiger partial charge in [0.25, 0.3) is 0 Å². The molecule has 0 spiro atoms. The molecule has 0 N–H and O–H groups in total. The SMILES string of the molecule is C(#CC1CCCCC1)c1ccc(CN2CCCCC2)s1. The minimum Gasteiger partial charge on any atom is -0.298 e. The van der Waals surface area contributed by atoms with E-state index in [1.165, 1.54) is 74.2 Å². The van der Waals surface area contributed by atoms with Crippen molar-refractivity contribution in [1.82, 2.24) is 4.90 Å². The van der Waals surface area contributed by atoms with Gasteiger partial charge in [0, 0.05) is 17.3 Å². The molecule has 0 bridgehead atoms. The van der Waals surface area contributed by atoms with Crippen LogP contribution >= 0.6 is 11.3 Å². The molecule has 2 heteroatoms. The first-order valence-electron chi connectivity index (χ1n) is 8.23. The van der Waals surface area contributed by atoms with Gasteiger partial charge in [-0.2, -0.15) is 0 Å². The van der Waals surface area contributed by atoms with Gasteiger partial charge in [0.05, 0.1) is 4.88 Å². The molecule has 0 amide bonds. The lowest BCUT2D eigenvalue weighted by molar-refractivity contribution is 0.222. The Morgan fingerprint density at radius 2 is 1.75 bits per heavy atom. The molecule has 0 radical (unpaired) electrons. The molecule has 20 heavy (non-hydrogen) atoms. The van der Waals surface area contributed by atoms with Crippen molar-refractivity contribution >= 4 is 11.3 Å². The molecule has 1 aliphatic heterocycles. The molecule has 108 valence electrons. The summed E-state index contributed by atoms with van der Waals surface area (Å²) < 4.78 is 0. The Morgan fingerprint density at radius 1 is 1.00 bits per heavy atom. The van der Waals surface area contributed by atoms with Gasteiger partial charge in [-0.05, 0) is 50.9 Å². The first kappa shape index (κ1) is 14.2. The molecule has 0 unspecified atom stereocenters. The molecule has 1 nitrogen and oxygen atoms in total. The molecule has 1 aliphatic carbocycles. The van der Waals surface area contributed by atoms with Crippen molar-refractivity contribution in [3.05, 3.63) is 21.9 Å². The summed E-state index contributed by atoms with van der Waals surface area (Å²) in [6, 6.07) is 4.50. The van der Waals surface area contributed by atoms with E-state index in [0.717, 1.165) is 6.54 Å². The highest BCUT2D eigenvalue weighted by atomic mass is 32.1. The van der Waals surface area contributed by atoms with Crippen LogP contribution in [-0.4, -0.2) is 18.0 Å². The average Bonchev–Trinajstić information content (AvgIpc) is 2.95. The van der Waals surface area contributed by atoms with Crippen LogP contribution in [0.4, 0.5) is 0 Å². The molecule has 0 atom stereocenters. The number of hydrogen-bond donors (Lipinski definition) is 0. The number of nitrogens with zero attached hydrogens (tertiary/aromatic N) is 1. The van der Waals surface area contributed by atoms with Crippen molar-refractivity contribution in [1.29, 1.82) is 0 Å². The zero-order chi connectivity index (χ0) is 13.6. The summed E-state index contributed by atoms with van der Waals surface area (Å²) in [5.41, 5.74) is 0. The highest BCUT2D eigenvalue weighted by Gasteiger charge is 2.12. The number of likely N-dealkylation sites (tertiary alicyclic amines) is 1. The van der Waals surface area contributed by atoms with E-state index in [1.54, 1.807) is 0 Å². The van der Waals surface area contributed by atoms with Crippen molar-refractivity contribution in [3.8, 4) is 11.8 Å². The fourth-order valence-corrected chi connectivity index (χ4v) is 4.20. The lowest BCUT2D eigenvalue weighted by Gasteiger charge is -2.25. The second kappa shape index (κ2) is 7.29. The highest BCUT2D eigenvalue weighted by Crippen LogP contribution is 2.24. The number of piperidine rings is 1. The van der Waals surface area contributed by atoms with E-state index in [1.807, 2.05) is 11.3 Å². The van der Waals surface area contributed by atoms with E-state index in [0.29, 0.717) is 5.92 Å². The first-order chi connectivity index (χ1) is 9.90. The molecular formula is C18H25NS. The van der Waals surface area contributed by atoms with Crippen LogP contribution in [0.5, 0.6) is 0 Å². The van der Waals surface area contributed by atoms with Gasteiger partial charge in [0.2, 0.25) is 0 Å². The maximum Gasteiger partial charge on any atom is 0.0771 e. The minimum absolute atomic E-state index is 0.663. The van der Waals surface area contributed by atoms with Gasteiger partial charge in [-0.1, -0.05) is 37.5 Å². The summed E-state index contributed by atoms with van der Waals surface area (Å²) >= 11 is 1.90. The lowest BCUT2D eigenvalue weighted by atomic mass is 9.90. The van der Waals surface area contributed by atoms with Crippen molar-refractivity contribution in [2.24, 2.45) is 5.92 Å². The van der Waals surface area contributed by atoms with E-state index in [9.17, 15) is 0 Å². The van der Waals surface area contributed by atoms with Crippen LogP contribution in [-0.2, 0) is 6.54 Å². The zero-order valence-corrected chi connectivity index (χ0v) is 13.2. The fraction of sp³-hybridized carbons (Fsp3) is 0.667. The molecule has 3 rings (SSSR count). The Bertz CT molecular complexity index is 467. The highest BCUT2D eigenvalue weighted by molar-refractivity contribution is 7.12. The average molecular weight is 287 g/mol. The second-order valence-corrected chi connectivity index (χ2v) is 7.38. The second-order valence-electron chi connectivity index (χ2n) is 6.21. The van der Waals surface area contributed by atoms with Gasteiger partial charge in [-0.15, -0.1) is 11.3 Å². The quantitative estimate of drug-likeness (QED) is 0.715. The Morgan fingerprint density at radius 3 is 2.55 bits per heavy atom. The standard InChI is InChI=1S/C18H25NS/c1-3-7-16(8-4-1)9-10-17-11-12-18(20-17)15-19-13-5-2-6-14-19/h11-12,16H,1-8,13-15H2. The summed E-state index contributed by atoms with van der Waals surface area (Å²) in [4.78, 5) is 5.34.